The number of rotatable bonds is 67. The van der Waals surface area contributed by atoms with Gasteiger partial charge in [0.15, 0.2) is 0 Å². The Morgan fingerprint density at radius 3 is 0.910 bits per heavy atom. The summed E-state index contributed by atoms with van der Waals surface area (Å²) in [4.78, 5) is 24.6. The molecule has 78 heavy (non-hydrogen) atoms. The van der Waals surface area contributed by atoms with Crippen molar-refractivity contribution in [2.75, 3.05) is 13.2 Å². The van der Waals surface area contributed by atoms with Crippen molar-refractivity contribution in [2.45, 2.75) is 411 Å². The maximum Gasteiger partial charge on any atom is 0.305 e. The zero-order chi connectivity index (χ0) is 56.4. The van der Waals surface area contributed by atoms with Crippen LogP contribution >= 0.6 is 0 Å². The van der Waals surface area contributed by atoms with Crippen LogP contribution in [0.3, 0.4) is 0 Å². The van der Waals surface area contributed by atoms with Crippen molar-refractivity contribution in [1.82, 2.24) is 5.32 Å². The summed E-state index contributed by atoms with van der Waals surface area (Å²) >= 11 is 0. The Balaban J connectivity index is 3.34. The molecule has 0 rings (SSSR count). The summed E-state index contributed by atoms with van der Waals surface area (Å²) in [6.45, 7) is 4.98. The molecule has 0 heterocycles. The van der Waals surface area contributed by atoms with Crippen molar-refractivity contribution in [1.29, 1.82) is 0 Å². The smallest absolute Gasteiger partial charge is 0.305 e. The molecule has 0 aliphatic heterocycles. The molecule has 0 saturated carbocycles. The van der Waals surface area contributed by atoms with Crippen molar-refractivity contribution in [3.63, 3.8) is 0 Å². The number of nitrogens with one attached hydrogen (secondary N) is 1. The van der Waals surface area contributed by atoms with Gasteiger partial charge in [-0.15, -0.1) is 0 Å². The molecule has 0 aliphatic carbocycles. The van der Waals surface area contributed by atoms with Crippen molar-refractivity contribution < 1.29 is 24.5 Å². The van der Waals surface area contributed by atoms with Crippen LogP contribution in [0.5, 0.6) is 0 Å². The third-order valence-corrected chi connectivity index (χ3v) is 16.7. The molecule has 1 amide bonds. The lowest BCUT2D eigenvalue weighted by atomic mass is 10.0. The summed E-state index contributed by atoms with van der Waals surface area (Å²) in [7, 11) is 0. The molecule has 6 nitrogen and oxygen atoms in total. The van der Waals surface area contributed by atoms with Crippen molar-refractivity contribution in [2.24, 2.45) is 0 Å². The van der Waals surface area contributed by atoms with Gasteiger partial charge in [0.05, 0.1) is 25.4 Å². The van der Waals surface area contributed by atoms with Gasteiger partial charge in [0.25, 0.3) is 0 Å². The van der Waals surface area contributed by atoms with Gasteiger partial charge in [-0.3, -0.25) is 9.59 Å². The van der Waals surface area contributed by atoms with Crippen LogP contribution in [0.15, 0.2) is 24.3 Å². The number of hydrogen-bond acceptors (Lipinski definition) is 5. The number of carbonyl (C=O) groups is 2. The maximum absolute atomic E-state index is 12.5. The molecule has 3 N–H and O–H groups in total. The molecule has 462 valence electrons. The van der Waals surface area contributed by atoms with Gasteiger partial charge in [-0.25, -0.2) is 0 Å². The van der Waals surface area contributed by atoms with E-state index in [2.05, 4.69) is 43.5 Å². The second-order valence-electron chi connectivity index (χ2n) is 24.6. The van der Waals surface area contributed by atoms with E-state index in [-0.39, 0.29) is 18.5 Å². The molecule has 0 aromatic carbocycles. The fourth-order valence-electron chi connectivity index (χ4n) is 11.3. The third kappa shape index (κ3) is 63.5. The zero-order valence-corrected chi connectivity index (χ0v) is 52.9. The fourth-order valence-corrected chi connectivity index (χ4v) is 11.3. The first-order chi connectivity index (χ1) is 38.5. The molecule has 0 saturated heterocycles. The average Bonchev–Trinajstić information content (AvgIpc) is 3.44. The van der Waals surface area contributed by atoms with E-state index in [1.54, 1.807) is 0 Å². The summed E-state index contributed by atoms with van der Waals surface area (Å²) in [5.41, 5.74) is 0. The zero-order valence-electron chi connectivity index (χ0n) is 52.9. The Morgan fingerprint density at radius 2 is 0.603 bits per heavy atom. The minimum atomic E-state index is -0.662. The standard InChI is InChI=1S/C72H139NO5/c1-3-5-7-9-11-13-15-17-37-42-46-50-54-58-62-66-72(77)78-67-63-59-55-51-47-43-39-36-34-32-30-28-26-24-22-20-19-21-23-25-27-29-31-33-35-38-41-45-49-53-57-61-65-71(76)73-69(68-74)70(75)64-60-56-52-48-44-40-18-16-14-12-10-8-6-4-2/h17,22,24,37,69-70,74-75H,3-16,18-21,23,25-36,38-68H2,1-2H3,(H,73,76)/b24-22-,37-17-. The van der Waals surface area contributed by atoms with Gasteiger partial charge in [0.2, 0.25) is 5.91 Å². The highest BCUT2D eigenvalue weighted by molar-refractivity contribution is 5.76. The highest BCUT2D eigenvalue weighted by atomic mass is 16.5. The summed E-state index contributed by atoms with van der Waals surface area (Å²) in [5.74, 6) is -0.0190. The lowest BCUT2D eigenvalue weighted by Crippen LogP contribution is -2.45. The number of aliphatic hydroxyl groups excluding tert-OH is 2. The molecule has 0 radical (unpaired) electrons. The average molecular weight is 1100 g/mol. The van der Waals surface area contributed by atoms with Crippen LogP contribution in [0.2, 0.25) is 0 Å². The van der Waals surface area contributed by atoms with Crippen molar-refractivity contribution >= 4 is 11.9 Å². The van der Waals surface area contributed by atoms with Crippen LogP contribution in [-0.4, -0.2) is 47.4 Å². The molecule has 0 aromatic heterocycles. The topological polar surface area (TPSA) is 95.9 Å². The van der Waals surface area contributed by atoms with E-state index in [4.69, 9.17) is 4.74 Å². The number of unbranched alkanes of at least 4 members (excludes halogenated alkanes) is 52. The van der Waals surface area contributed by atoms with Crippen LogP contribution in [0.25, 0.3) is 0 Å². The minimum Gasteiger partial charge on any atom is -0.466 e. The van der Waals surface area contributed by atoms with Crippen molar-refractivity contribution in [3.05, 3.63) is 24.3 Å². The molecule has 0 spiro atoms. The molecule has 2 unspecified atom stereocenters. The van der Waals surface area contributed by atoms with E-state index in [0.717, 1.165) is 44.9 Å². The Morgan fingerprint density at radius 1 is 0.346 bits per heavy atom. The number of carbonyl (C=O) groups excluding carboxylic acids is 2. The van der Waals surface area contributed by atoms with Gasteiger partial charge in [0.1, 0.15) is 0 Å². The maximum atomic E-state index is 12.5. The van der Waals surface area contributed by atoms with Gasteiger partial charge < -0.3 is 20.3 Å². The normalized spacial score (nSPS) is 12.6. The van der Waals surface area contributed by atoms with E-state index < -0.39 is 12.1 Å². The van der Waals surface area contributed by atoms with Crippen molar-refractivity contribution in [3.8, 4) is 0 Å². The Kier molecular flexibility index (Phi) is 66.4. The lowest BCUT2D eigenvalue weighted by molar-refractivity contribution is -0.143. The summed E-state index contributed by atoms with van der Waals surface area (Å²) in [6, 6.07) is -0.539. The molecular formula is C72H139NO5. The molecule has 0 fully saturated rings. The van der Waals surface area contributed by atoms with Gasteiger partial charge in [-0.1, -0.05) is 334 Å². The second-order valence-corrected chi connectivity index (χ2v) is 24.6. The molecule has 2 atom stereocenters. The van der Waals surface area contributed by atoms with Gasteiger partial charge in [0, 0.05) is 12.8 Å². The molecular weight excluding hydrogens is 959 g/mol. The quantitative estimate of drug-likeness (QED) is 0.0320. The lowest BCUT2D eigenvalue weighted by Gasteiger charge is -2.22. The predicted molar refractivity (Wildman–Crippen MR) is 343 cm³/mol. The Hall–Kier alpha value is -1.66. The van der Waals surface area contributed by atoms with Crippen LogP contribution in [0.1, 0.15) is 399 Å². The van der Waals surface area contributed by atoms with Crippen LogP contribution in [-0.2, 0) is 14.3 Å². The van der Waals surface area contributed by atoms with E-state index in [0.29, 0.717) is 25.9 Å². The van der Waals surface area contributed by atoms with E-state index in [1.165, 1.54) is 321 Å². The summed E-state index contributed by atoms with van der Waals surface area (Å²) in [6.07, 6.45) is 85.2. The Labute approximate surface area is 488 Å². The van der Waals surface area contributed by atoms with Crippen LogP contribution in [0.4, 0.5) is 0 Å². The molecule has 0 bridgehead atoms. The number of aliphatic hydroxyl groups is 2. The highest BCUT2D eigenvalue weighted by Gasteiger charge is 2.20. The van der Waals surface area contributed by atoms with E-state index in [9.17, 15) is 19.8 Å². The molecule has 0 aliphatic rings. The first kappa shape index (κ1) is 76.3. The predicted octanol–water partition coefficient (Wildman–Crippen LogP) is 22.9. The van der Waals surface area contributed by atoms with E-state index in [1.807, 2.05) is 0 Å². The monoisotopic (exact) mass is 1100 g/mol. The van der Waals surface area contributed by atoms with E-state index >= 15 is 0 Å². The SMILES string of the molecule is CCCCCCCC/C=C\CCCCCCCC(=O)OCCCCCCCCCCCCCC/C=C\CCCCCCCCCCCCCCCCCCC(=O)NC(CO)C(O)CCCCCCCCCCCCCCCC. The fraction of sp³-hybridized carbons (Fsp3) is 0.917. The molecule has 0 aromatic rings. The first-order valence-corrected chi connectivity index (χ1v) is 35.6. The third-order valence-electron chi connectivity index (χ3n) is 16.7. The summed E-state index contributed by atoms with van der Waals surface area (Å²) < 4.78 is 5.49. The van der Waals surface area contributed by atoms with Gasteiger partial charge in [-0.05, 0) is 77.0 Å². The number of hydrogen-bond donors (Lipinski definition) is 3. The number of ether oxygens (including phenoxy) is 1. The van der Waals surface area contributed by atoms with Crippen LogP contribution in [0, 0.1) is 0 Å². The molecule has 6 heteroatoms. The van der Waals surface area contributed by atoms with Crippen LogP contribution < -0.4 is 5.32 Å². The first-order valence-electron chi connectivity index (χ1n) is 35.6. The Bertz CT molecular complexity index is 1220. The van der Waals surface area contributed by atoms with Gasteiger partial charge >= 0.3 is 5.97 Å². The number of allylic oxidation sites excluding steroid dienone is 4. The van der Waals surface area contributed by atoms with Gasteiger partial charge in [-0.2, -0.15) is 0 Å². The minimum absolute atomic E-state index is 0.0109. The summed E-state index contributed by atoms with van der Waals surface area (Å²) in [5, 5.41) is 23.3. The highest BCUT2D eigenvalue weighted by Crippen LogP contribution is 2.19. The second kappa shape index (κ2) is 67.8. The largest absolute Gasteiger partial charge is 0.466 e. The number of esters is 1. The number of amides is 1.